The highest BCUT2D eigenvalue weighted by Gasteiger charge is 2.32. The number of carbonyl (C=O) groups excluding carboxylic acids is 1. The quantitative estimate of drug-likeness (QED) is 0.899. The van der Waals surface area contributed by atoms with Crippen molar-refractivity contribution < 1.29 is 4.79 Å². The number of hydrogen-bond donors (Lipinski definition) is 1. The normalized spacial score (nSPS) is 17.9. The maximum absolute atomic E-state index is 12.6. The second-order valence-corrected chi connectivity index (χ2v) is 5.64. The van der Waals surface area contributed by atoms with E-state index < -0.39 is 0 Å². The molecule has 1 fully saturated rings. The third kappa shape index (κ3) is 2.66. The van der Waals surface area contributed by atoms with Crippen LogP contribution in [0.3, 0.4) is 0 Å². The molecule has 0 radical (unpaired) electrons. The Balaban J connectivity index is 1.82. The monoisotopic (exact) mass is 258 g/mol. The second-order valence-electron chi connectivity index (χ2n) is 5.64. The van der Waals surface area contributed by atoms with Crippen LogP contribution in [-0.2, 0) is 13.0 Å². The molecule has 1 N–H and O–H groups in total. The number of fused-ring (bicyclic) bond motifs is 1. The molecule has 3 nitrogen and oxygen atoms in total. The zero-order chi connectivity index (χ0) is 13.2. The molecular formula is C16H22N2O. The van der Waals surface area contributed by atoms with Gasteiger partial charge in [-0.25, -0.2) is 0 Å². The maximum atomic E-state index is 12.6. The average molecular weight is 258 g/mol. The molecule has 1 saturated carbocycles. The molecular weight excluding hydrogens is 236 g/mol. The molecule has 1 aromatic carbocycles. The minimum Gasteiger partial charge on any atom is -0.336 e. The van der Waals surface area contributed by atoms with Crippen LogP contribution in [0.5, 0.6) is 0 Å². The fourth-order valence-corrected chi connectivity index (χ4v) is 2.86. The lowest BCUT2D eigenvalue weighted by molar-refractivity contribution is 0.0743. The first-order valence-electron chi connectivity index (χ1n) is 7.43. The molecule has 0 spiro atoms. The maximum Gasteiger partial charge on any atom is 0.254 e. The summed E-state index contributed by atoms with van der Waals surface area (Å²) in [5.74, 6) is 0.220. The first-order chi connectivity index (χ1) is 9.29. The van der Waals surface area contributed by atoms with Gasteiger partial charge in [-0.3, -0.25) is 4.79 Å². The van der Waals surface area contributed by atoms with Crippen molar-refractivity contribution in [3.05, 3.63) is 34.9 Å². The number of nitrogens with zero attached hydrogens (tertiary/aromatic N) is 1. The van der Waals surface area contributed by atoms with Crippen molar-refractivity contribution in [3.63, 3.8) is 0 Å². The molecule has 1 heterocycles. The summed E-state index contributed by atoms with van der Waals surface area (Å²) in [4.78, 5) is 14.7. The molecule has 3 heteroatoms. The highest BCUT2D eigenvalue weighted by atomic mass is 16.2. The van der Waals surface area contributed by atoms with Gasteiger partial charge in [0.15, 0.2) is 0 Å². The van der Waals surface area contributed by atoms with E-state index in [0.29, 0.717) is 6.04 Å². The van der Waals surface area contributed by atoms with Crippen LogP contribution in [0, 0.1) is 0 Å². The zero-order valence-corrected chi connectivity index (χ0v) is 11.6. The van der Waals surface area contributed by atoms with Gasteiger partial charge in [-0.2, -0.15) is 0 Å². The van der Waals surface area contributed by atoms with Crippen LogP contribution in [0.4, 0.5) is 0 Å². The topological polar surface area (TPSA) is 32.3 Å². The number of carbonyl (C=O) groups is 1. The Labute approximate surface area is 115 Å². The summed E-state index contributed by atoms with van der Waals surface area (Å²) in [6.07, 6.45) is 4.47. The first kappa shape index (κ1) is 12.7. The summed E-state index contributed by atoms with van der Waals surface area (Å²) in [5, 5.41) is 3.37. The highest BCUT2D eigenvalue weighted by molar-refractivity contribution is 5.95. The fourth-order valence-electron chi connectivity index (χ4n) is 2.86. The number of rotatable bonds is 4. The molecule has 0 bridgehead atoms. The Morgan fingerprint density at radius 1 is 1.37 bits per heavy atom. The first-order valence-corrected chi connectivity index (χ1v) is 7.43. The van der Waals surface area contributed by atoms with Crippen molar-refractivity contribution >= 4 is 5.91 Å². The second kappa shape index (κ2) is 5.33. The number of amides is 1. The molecule has 0 saturated heterocycles. The van der Waals surface area contributed by atoms with Crippen LogP contribution in [0.1, 0.15) is 47.7 Å². The highest BCUT2D eigenvalue weighted by Crippen LogP contribution is 2.29. The minimum absolute atomic E-state index is 0.220. The van der Waals surface area contributed by atoms with Crippen molar-refractivity contribution in [2.75, 3.05) is 13.1 Å². The van der Waals surface area contributed by atoms with E-state index in [1.165, 1.54) is 24.0 Å². The predicted molar refractivity (Wildman–Crippen MR) is 76.2 cm³/mol. The van der Waals surface area contributed by atoms with E-state index >= 15 is 0 Å². The summed E-state index contributed by atoms with van der Waals surface area (Å²) in [6.45, 7) is 4.97. The molecule has 1 aliphatic carbocycles. The van der Waals surface area contributed by atoms with E-state index in [1.54, 1.807) is 0 Å². The molecule has 3 rings (SSSR count). The molecule has 0 atom stereocenters. The van der Waals surface area contributed by atoms with E-state index in [-0.39, 0.29) is 5.91 Å². The third-order valence-electron chi connectivity index (χ3n) is 4.05. The van der Waals surface area contributed by atoms with Crippen molar-refractivity contribution in [3.8, 4) is 0 Å². The van der Waals surface area contributed by atoms with Crippen LogP contribution in [-0.4, -0.2) is 29.9 Å². The van der Waals surface area contributed by atoms with Crippen LogP contribution in [0.2, 0.25) is 0 Å². The Morgan fingerprint density at radius 3 is 2.95 bits per heavy atom. The molecule has 19 heavy (non-hydrogen) atoms. The van der Waals surface area contributed by atoms with Gasteiger partial charge in [0, 0.05) is 24.7 Å². The molecule has 0 aromatic heterocycles. The molecule has 102 valence electrons. The van der Waals surface area contributed by atoms with Crippen molar-refractivity contribution in [1.82, 2.24) is 10.2 Å². The molecule has 1 amide bonds. The van der Waals surface area contributed by atoms with E-state index in [0.717, 1.165) is 38.0 Å². The number of nitrogens with one attached hydrogen (secondary N) is 1. The Bertz CT molecular complexity index is 480. The SMILES string of the molecule is CCCN(C(=O)c1ccc2c(c1)CNCC2)C1CC1. The van der Waals surface area contributed by atoms with Gasteiger partial charge in [0.05, 0.1) is 0 Å². The van der Waals surface area contributed by atoms with E-state index in [1.807, 2.05) is 6.07 Å². The van der Waals surface area contributed by atoms with Gasteiger partial charge in [-0.15, -0.1) is 0 Å². The van der Waals surface area contributed by atoms with Gasteiger partial charge in [0.1, 0.15) is 0 Å². The Kier molecular flexibility index (Phi) is 3.56. The van der Waals surface area contributed by atoms with Gasteiger partial charge < -0.3 is 10.2 Å². The summed E-state index contributed by atoms with van der Waals surface area (Å²) >= 11 is 0. The third-order valence-corrected chi connectivity index (χ3v) is 4.05. The predicted octanol–water partition coefficient (Wildman–Crippen LogP) is 2.35. The van der Waals surface area contributed by atoms with Crippen LogP contribution >= 0.6 is 0 Å². The minimum atomic E-state index is 0.220. The lowest BCUT2D eigenvalue weighted by Gasteiger charge is -2.23. The molecule has 1 aromatic rings. The summed E-state index contributed by atoms with van der Waals surface area (Å²) in [7, 11) is 0. The molecule has 0 unspecified atom stereocenters. The van der Waals surface area contributed by atoms with Crippen LogP contribution in [0.15, 0.2) is 18.2 Å². The van der Waals surface area contributed by atoms with Gasteiger partial charge in [-0.05, 0) is 55.5 Å². The number of benzene rings is 1. The number of hydrogen-bond acceptors (Lipinski definition) is 2. The standard InChI is InChI=1S/C16H22N2O/c1-2-9-18(15-5-6-15)16(19)13-4-3-12-7-8-17-11-14(12)10-13/h3-4,10,15,17H,2,5-9,11H2,1H3. The summed E-state index contributed by atoms with van der Waals surface area (Å²) < 4.78 is 0. The van der Waals surface area contributed by atoms with Crippen LogP contribution < -0.4 is 5.32 Å². The summed E-state index contributed by atoms with van der Waals surface area (Å²) in [6, 6.07) is 6.74. The van der Waals surface area contributed by atoms with Crippen LogP contribution in [0.25, 0.3) is 0 Å². The largest absolute Gasteiger partial charge is 0.336 e. The van der Waals surface area contributed by atoms with Gasteiger partial charge >= 0.3 is 0 Å². The van der Waals surface area contributed by atoms with Crippen molar-refractivity contribution in [1.29, 1.82) is 0 Å². The van der Waals surface area contributed by atoms with E-state index in [2.05, 4.69) is 29.3 Å². The zero-order valence-electron chi connectivity index (χ0n) is 11.6. The van der Waals surface area contributed by atoms with E-state index in [4.69, 9.17) is 0 Å². The van der Waals surface area contributed by atoms with Gasteiger partial charge in [0.25, 0.3) is 5.91 Å². The molecule has 2 aliphatic rings. The fraction of sp³-hybridized carbons (Fsp3) is 0.562. The Morgan fingerprint density at radius 2 is 2.21 bits per heavy atom. The van der Waals surface area contributed by atoms with Crippen molar-refractivity contribution in [2.24, 2.45) is 0 Å². The van der Waals surface area contributed by atoms with E-state index in [9.17, 15) is 4.79 Å². The van der Waals surface area contributed by atoms with Gasteiger partial charge in [-0.1, -0.05) is 13.0 Å². The average Bonchev–Trinajstić information content (AvgIpc) is 3.28. The van der Waals surface area contributed by atoms with Crippen molar-refractivity contribution in [2.45, 2.75) is 45.2 Å². The lowest BCUT2D eigenvalue weighted by atomic mass is 9.98. The molecule has 1 aliphatic heterocycles. The van der Waals surface area contributed by atoms with Gasteiger partial charge in [0.2, 0.25) is 0 Å². The Hall–Kier alpha value is -1.35. The summed E-state index contributed by atoms with van der Waals surface area (Å²) in [5.41, 5.74) is 3.55. The smallest absolute Gasteiger partial charge is 0.254 e. The lowest BCUT2D eigenvalue weighted by Crippen LogP contribution is -2.34.